The van der Waals surface area contributed by atoms with E-state index in [0.717, 1.165) is 11.7 Å². The lowest BCUT2D eigenvalue weighted by Gasteiger charge is -2.13. The third-order valence-electron chi connectivity index (χ3n) is 2.53. The van der Waals surface area contributed by atoms with Gasteiger partial charge in [-0.2, -0.15) is 0 Å². The Bertz CT molecular complexity index is 191. The number of amides is 1. The largest absolute Gasteiger partial charge is 0.449 e. The van der Waals surface area contributed by atoms with E-state index in [9.17, 15) is 4.79 Å². The van der Waals surface area contributed by atoms with Crippen LogP contribution in [0.3, 0.4) is 0 Å². The van der Waals surface area contributed by atoms with Crippen LogP contribution in [0.5, 0.6) is 0 Å². The Morgan fingerprint density at radius 1 is 1.35 bits per heavy atom. The molecule has 1 amide bonds. The molecule has 0 rings (SSSR count). The molecule has 1 N–H and O–H groups in total. The first-order valence-electron chi connectivity index (χ1n) is 6.33. The molecule has 17 heavy (non-hydrogen) atoms. The van der Waals surface area contributed by atoms with Crippen molar-refractivity contribution in [2.75, 3.05) is 25.2 Å². The Morgan fingerprint density at radius 3 is 2.71 bits per heavy atom. The van der Waals surface area contributed by atoms with Crippen molar-refractivity contribution in [1.29, 1.82) is 0 Å². The van der Waals surface area contributed by atoms with Gasteiger partial charge in [0.25, 0.3) is 0 Å². The number of ether oxygens (including phenoxy) is 1. The molecular weight excluding hydrogens is 254 g/mol. The van der Waals surface area contributed by atoms with E-state index in [-0.39, 0.29) is 6.09 Å². The summed E-state index contributed by atoms with van der Waals surface area (Å²) < 4.78 is 4.91. The maximum Gasteiger partial charge on any atom is 0.406 e. The van der Waals surface area contributed by atoms with Crippen LogP contribution in [0.25, 0.3) is 0 Å². The van der Waals surface area contributed by atoms with Crippen LogP contribution < -0.4 is 5.32 Å². The zero-order chi connectivity index (χ0) is 12.9. The van der Waals surface area contributed by atoms with Gasteiger partial charge in [0.2, 0.25) is 0 Å². The molecule has 5 heteroatoms. The molecule has 0 saturated heterocycles. The van der Waals surface area contributed by atoms with Gasteiger partial charge in [-0.05, 0) is 12.3 Å². The van der Waals surface area contributed by atoms with Crippen LogP contribution in [0.2, 0.25) is 0 Å². The number of alkyl carbamates (subject to hydrolysis) is 1. The van der Waals surface area contributed by atoms with Crippen molar-refractivity contribution in [3.63, 3.8) is 0 Å². The molecule has 102 valence electrons. The van der Waals surface area contributed by atoms with Crippen molar-refractivity contribution in [1.82, 2.24) is 5.32 Å². The average Bonchev–Trinajstić information content (AvgIpc) is 2.36. The van der Waals surface area contributed by atoms with Crippen molar-refractivity contribution in [3.8, 4) is 0 Å². The molecule has 0 aromatic rings. The zero-order valence-electron chi connectivity index (χ0n) is 11.2. The summed E-state index contributed by atoms with van der Waals surface area (Å²) >= 11 is 0. The quantitative estimate of drug-likeness (QED) is 0.485. The Labute approximate surface area is 113 Å². The SMILES string of the molecule is CCCC[C@H](CC)CSSCCOC(=O)NC. The summed E-state index contributed by atoms with van der Waals surface area (Å²) in [5, 5.41) is 2.43. The molecule has 1 atom stereocenters. The summed E-state index contributed by atoms with van der Waals surface area (Å²) in [4.78, 5) is 10.8. The van der Waals surface area contributed by atoms with Crippen molar-refractivity contribution >= 4 is 27.7 Å². The number of carbonyl (C=O) groups excluding carboxylic acids is 1. The van der Waals surface area contributed by atoms with E-state index in [1.54, 1.807) is 17.8 Å². The Morgan fingerprint density at radius 2 is 2.12 bits per heavy atom. The van der Waals surface area contributed by atoms with Gasteiger partial charge in [-0.1, -0.05) is 54.7 Å². The lowest BCUT2D eigenvalue weighted by molar-refractivity contribution is 0.155. The molecule has 0 heterocycles. The van der Waals surface area contributed by atoms with Gasteiger partial charge in [-0.3, -0.25) is 0 Å². The molecule has 0 aliphatic carbocycles. The van der Waals surface area contributed by atoms with Gasteiger partial charge in [0.1, 0.15) is 6.61 Å². The average molecular weight is 279 g/mol. The fraction of sp³-hybridized carbons (Fsp3) is 0.917. The lowest BCUT2D eigenvalue weighted by Crippen LogP contribution is -2.20. The molecule has 0 fully saturated rings. The third-order valence-corrected chi connectivity index (χ3v) is 5.05. The van der Waals surface area contributed by atoms with E-state index < -0.39 is 0 Å². The number of carbonyl (C=O) groups is 1. The molecule has 0 aliphatic rings. The molecule has 0 aromatic carbocycles. The normalized spacial score (nSPS) is 12.2. The Hall–Kier alpha value is -0.0300. The molecule has 0 spiro atoms. The van der Waals surface area contributed by atoms with E-state index >= 15 is 0 Å². The summed E-state index contributed by atoms with van der Waals surface area (Å²) in [7, 11) is 5.27. The second kappa shape index (κ2) is 12.4. The molecule has 0 aliphatic heterocycles. The third kappa shape index (κ3) is 10.8. The molecular formula is C12H25NO2S2. The molecule has 0 radical (unpaired) electrons. The van der Waals surface area contributed by atoms with Crippen LogP contribution in [0.15, 0.2) is 0 Å². The molecule has 0 unspecified atom stereocenters. The van der Waals surface area contributed by atoms with Crippen LogP contribution in [0, 0.1) is 5.92 Å². The summed E-state index contributed by atoms with van der Waals surface area (Å²) in [5.74, 6) is 2.91. The zero-order valence-corrected chi connectivity index (χ0v) is 12.8. The van der Waals surface area contributed by atoms with Crippen LogP contribution in [0.1, 0.15) is 39.5 Å². The smallest absolute Gasteiger partial charge is 0.406 e. The minimum absolute atomic E-state index is 0.343. The van der Waals surface area contributed by atoms with Crippen LogP contribution in [-0.4, -0.2) is 31.3 Å². The second-order valence-electron chi connectivity index (χ2n) is 3.91. The summed E-state index contributed by atoms with van der Waals surface area (Å²) in [5.41, 5.74) is 0. The number of rotatable bonds is 10. The Balaban J connectivity index is 3.33. The van der Waals surface area contributed by atoms with E-state index in [1.165, 1.54) is 31.4 Å². The van der Waals surface area contributed by atoms with Crippen molar-refractivity contribution < 1.29 is 9.53 Å². The predicted octanol–water partition coefficient (Wildman–Crippen LogP) is 3.94. The highest BCUT2D eigenvalue weighted by atomic mass is 33.1. The molecule has 0 bridgehead atoms. The predicted molar refractivity (Wildman–Crippen MR) is 78.6 cm³/mol. The number of hydrogen-bond acceptors (Lipinski definition) is 4. The first-order valence-corrected chi connectivity index (χ1v) is 8.82. The number of nitrogens with one attached hydrogen (secondary N) is 1. The first kappa shape index (κ1) is 17.0. The lowest BCUT2D eigenvalue weighted by atomic mass is 10.0. The second-order valence-corrected chi connectivity index (χ2v) is 6.54. The number of hydrogen-bond donors (Lipinski definition) is 1. The summed E-state index contributed by atoms with van der Waals surface area (Å²) in [6, 6.07) is 0. The highest BCUT2D eigenvalue weighted by Gasteiger charge is 2.06. The minimum Gasteiger partial charge on any atom is -0.449 e. The van der Waals surface area contributed by atoms with Gasteiger partial charge in [0.15, 0.2) is 0 Å². The van der Waals surface area contributed by atoms with E-state index in [4.69, 9.17) is 4.74 Å². The first-order chi connectivity index (χ1) is 8.24. The maximum atomic E-state index is 10.8. The van der Waals surface area contributed by atoms with E-state index in [2.05, 4.69) is 19.2 Å². The van der Waals surface area contributed by atoms with Crippen LogP contribution in [0.4, 0.5) is 4.79 Å². The van der Waals surface area contributed by atoms with Crippen molar-refractivity contribution in [2.45, 2.75) is 39.5 Å². The standard InChI is InChI=1S/C12H25NO2S2/c1-4-6-7-11(5-2)10-17-16-9-8-15-12(14)13-3/h11H,4-10H2,1-3H3,(H,13,14)/t11-/m0/s1. The maximum absolute atomic E-state index is 10.8. The fourth-order valence-electron chi connectivity index (χ4n) is 1.34. The van der Waals surface area contributed by atoms with Gasteiger partial charge in [0.05, 0.1) is 0 Å². The van der Waals surface area contributed by atoms with Gasteiger partial charge in [-0.15, -0.1) is 0 Å². The summed E-state index contributed by atoms with van der Waals surface area (Å²) in [6.45, 7) is 4.99. The van der Waals surface area contributed by atoms with Crippen molar-refractivity contribution in [2.24, 2.45) is 5.92 Å². The van der Waals surface area contributed by atoms with Crippen LogP contribution >= 0.6 is 21.6 Å². The van der Waals surface area contributed by atoms with E-state index in [0.29, 0.717) is 6.61 Å². The topological polar surface area (TPSA) is 38.3 Å². The number of unbranched alkanes of at least 4 members (excludes halogenated alkanes) is 1. The van der Waals surface area contributed by atoms with Crippen molar-refractivity contribution in [3.05, 3.63) is 0 Å². The van der Waals surface area contributed by atoms with E-state index in [1.807, 2.05) is 10.8 Å². The molecule has 0 saturated carbocycles. The highest BCUT2D eigenvalue weighted by molar-refractivity contribution is 8.76. The fourth-order valence-corrected chi connectivity index (χ4v) is 3.73. The minimum atomic E-state index is -0.343. The van der Waals surface area contributed by atoms with Gasteiger partial charge >= 0.3 is 6.09 Å². The Kier molecular flexibility index (Phi) is 12.4. The molecule has 0 aromatic heterocycles. The van der Waals surface area contributed by atoms with Gasteiger partial charge in [0, 0.05) is 18.6 Å². The molecule has 3 nitrogen and oxygen atoms in total. The van der Waals surface area contributed by atoms with Gasteiger partial charge in [-0.25, -0.2) is 4.79 Å². The summed E-state index contributed by atoms with van der Waals surface area (Å²) in [6.07, 6.45) is 4.89. The van der Waals surface area contributed by atoms with Gasteiger partial charge < -0.3 is 10.1 Å². The monoisotopic (exact) mass is 279 g/mol. The van der Waals surface area contributed by atoms with Crippen LogP contribution in [-0.2, 0) is 4.74 Å². The highest BCUT2D eigenvalue weighted by Crippen LogP contribution is 2.27.